The first-order valence-electron chi connectivity index (χ1n) is 3.86. The van der Waals surface area contributed by atoms with Crippen molar-refractivity contribution in [2.75, 3.05) is 13.1 Å². The highest BCUT2D eigenvalue weighted by atomic mass is 16.3. The molecule has 0 radical (unpaired) electrons. The summed E-state index contributed by atoms with van der Waals surface area (Å²) < 4.78 is 0. The van der Waals surface area contributed by atoms with Crippen molar-refractivity contribution in [1.29, 1.82) is 0 Å². The zero-order valence-electron chi connectivity index (χ0n) is 5.83. The first-order valence-corrected chi connectivity index (χ1v) is 3.86. The Morgan fingerprint density at radius 2 is 1.50 bits per heavy atom. The molecule has 0 unspecified atom stereocenters. The van der Waals surface area contributed by atoms with E-state index in [1.165, 1.54) is 0 Å². The molecule has 1 aliphatic heterocycles. The molecule has 1 saturated heterocycles. The highest BCUT2D eigenvalue weighted by Gasteiger charge is 2.43. The van der Waals surface area contributed by atoms with E-state index in [4.69, 9.17) is 0 Å². The van der Waals surface area contributed by atoms with Gasteiger partial charge < -0.3 is 15.5 Å². The maximum absolute atomic E-state index is 9.38. The highest BCUT2D eigenvalue weighted by Crippen LogP contribution is 2.33. The van der Waals surface area contributed by atoms with Crippen LogP contribution < -0.4 is 5.32 Å². The smallest absolute Gasteiger partial charge is 0.0842 e. The van der Waals surface area contributed by atoms with Gasteiger partial charge in [-0.1, -0.05) is 0 Å². The van der Waals surface area contributed by atoms with Crippen molar-refractivity contribution < 1.29 is 10.2 Å². The molecule has 3 nitrogen and oxygen atoms in total. The fourth-order valence-corrected chi connectivity index (χ4v) is 2.09. The van der Waals surface area contributed by atoms with Crippen molar-refractivity contribution in [1.82, 2.24) is 5.32 Å². The number of fused-ring (bicyclic) bond motifs is 2. The summed E-state index contributed by atoms with van der Waals surface area (Å²) in [5.74, 6) is 0.600. The molecule has 4 atom stereocenters. The predicted octanol–water partition coefficient (Wildman–Crippen LogP) is -1.05. The molecule has 2 aliphatic rings. The number of hydrogen-bond acceptors (Lipinski definition) is 3. The molecule has 1 heterocycles. The summed E-state index contributed by atoms with van der Waals surface area (Å²) in [7, 11) is 0. The minimum atomic E-state index is -0.472. The van der Waals surface area contributed by atoms with Gasteiger partial charge in [-0.3, -0.25) is 0 Å². The van der Waals surface area contributed by atoms with Crippen LogP contribution in [-0.2, 0) is 0 Å². The topological polar surface area (TPSA) is 52.5 Å². The van der Waals surface area contributed by atoms with Crippen LogP contribution in [-0.4, -0.2) is 35.5 Å². The number of aliphatic hydroxyl groups is 2. The molecule has 2 rings (SSSR count). The molecular weight excluding hydrogens is 130 g/mol. The van der Waals surface area contributed by atoms with Crippen LogP contribution in [0.3, 0.4) is 0 Å². The van der Waals surface area contributed by atoms with Gasteiger partial charge in [-0.2, -0.15) is 0 Å². The summed E-state index contributed by atoms with van der Waals surface area (Å²) in [6.45, 7) is 1.74. The van der Waals surface area contributed by atoms with Crippen molar-refractivity contribution in [3.8, 4) is 0 Å². The maximum atomic E-state index is 9.38. The van der Waals surface area contributed by atoms with Crippen LogP contribution in [0.25, 0.3) is 0 Å². The zero-order chi connectivity index (χ0) is 7.14. The first-order chi connectivity index (χ1) is 4.79. The fraction of sp³-hybridized carbons (Fsp3) is 1.00. The molecular formula is C7H13NO2. The number of hydrogen-bond donors (Lipinski definition) is 3. The number of piperidine rings is 1. The summed E-state index contributed by atoms with van der Waals surface area (Å²) in [5, 5.41) is 21.9. The largest absolute Gasteiger partial charge is 0.390 e. The van der Waals surface area contributed by atoms with Crippen molar-refractivity contribution in [2.24, 2.45) is 11.8 Å². The second kappa shape index (κ2) is 2.19. The van der Waals surface area contributed by atoms with E-state index in [2.05, 4.69) is 5.32 Å². The average molecular weight is 143 g/mol. The van der Waals surface area contributed by atoms with Gasteiger partial charge in [0.25, 0.3) is 0 Å². The molecule has 58 valence electrons. The van der Waals surface area contributed by atoms with Gasteiger partial charge in [0.15, 0.2) is 0 Å². The second-order valence-electron chi connectivity index (χ2n) is 3.40. The minimum absolute atomic E-state index is 0.300. The van der Waals surface area contributed by atoms with E-state index in [1.807, 2.05) is 0 Å². The van der Waals surface area contributed by atoms with Gasteiger partial charge in [0, 0.05) is 24.9 Å². The number of aliphatic hydroxyl groups excluding tert-OH is 2. The van der Waals surface area contributed by atoms with Crippen molar-refractivity contribution >= 4 is 0 Å². The fourth-order valence-electron chi connectivity index (χ4n) is 2.09. The standard InChI is InChI=1S/C7H13NO2/c9-6-4-1-5(7(6)10)3-8-2-4/h4-10H,1-3H2/t4-,5+,6+,7-. The van der Waals surface area contributed by atoms with Gasteiger partial charge in [-0.05, 0) is 6.42 Å². The van der Waals surface area contributed by atoms with Crippen LogP contribution in [0.2, 0.25) is 0 Å². The van der Waals surface area contributed by atoms with E-state index in [9.17, 15) is 10.2 Å². The highest BCUT2D eigenvalue weighted by molar-refractivity contribution is 4.96. The van der Waals surface area contributed by atoms with E-state index in [0.29, 0.717) is 11.8 Å². The van der Waals surface area contributed by atoms with Crippen molar-refractivity contribution in [3.05, 3.63) is 0 Å². The lowest BCUT2D eigenvalue weighted by atomic mass is 10.0. The molecule has 0 aromatic carbocycles. The Morgan fingerprint density at radius 3 is 1.90 bits per heavy atom. The van der Waals surface area contributed by atoms with Gasteiger partial charge in [0.1, 0.15) is 0 Å². The molecule has 1 aliphatic carbocycles. The van der Waals surface area contributed by atoms with Crippen molar-refractivity contribution in [3.63, 3.8) is 0 Å². The van der Waals surface area contributed by atoms with E-state index >= 15 is 0 Å². The molecule has 10 heavy (non-hydrogen) atoms. The van der Waals surface area contributed by atoms with E-state index in [0.717, 1.165) is 19.5 Å². The quantitative estimate of drug-likeness (QED) is 0.405. The lowest BCUT2D eigenvalue weighted by Gasteiger charge is -2.19. The SMILES string of the molecule is O[C@@H]1[C@@H]2CNC[C@@H](C2)[C@@H]1O. The van der Waals surface area contributed by atoms with Crippen molar-refractivity contribution in [2.45, 2.75) is 18.6 Å². The lowest BCUT2D eigenvalue weighted by molar-refractivity contribution is 0.0130. The Labute approximate surface area is 60.1 Å². The van der Waals surface area contributed by atoms with Gasteiger partial charge in [-0.15, -0.1) is 0 Å². The third-order valence-corrected chi connectivity index (χ3v) is 2.73. The molecule has 3 heteroatoms. The van der Waals surface area contributed by atoms with Gasteiger partial charge in [0.05, 0.1) is 12.2 Å². The van der Waals surface area contributed by atoms with E-state index in [1.54, 1.807) is 0 Å². The predicted molar refractivity (Wildman–Crippen MR) is 36.5 cm³/mol. The molecule has 0 spiro atoms. The van der Waals surface area contributed by atoms with Crippen LogP contribution in [0.15, 0.2) is 0 Å². The Balaban J connectivity index is 2.13. The monoisotopic (exact) mass is 143 g/mol. The number of rotatable bonds is 0. The Kier molecular flexibility index (Phi) is 1.44. The van der Waals surface area contributed by atoms with E-state index < -0.39 is 12.2 Å². The van der Waals surface area contributed by atoms with Gasteiger partial charge in [-0.25, -0.2) is 0 Å². The third kappa shape index (κ3) is 0.779. The molecule has 0 aromatic rings. The second-order valence-corrected chi connectivity index (χ2v) is 3.40. The molecule has 0 amide bonds. The van der Waals surface area contributed by atoms with Crippen LogP contribution in [0.1, 0.15) is 6.42 Å². The Bertz CT molecular complexity index is 122. The third-order valence-electron chi connectivity index (χ3n) is 2.73. The first kappa shape index (κ1) is 6.58. The van der Waals surface area contributed by atoms with Crippen LogP contribution in [0.4, 0.5) is 0 Å². The number of nitrogens with one attached hydrogen (secondary N) is 1. The maximum Gasteiger partial charge on any atom is 0.0842 e. The molecule has 1 saturated carbocycles. The normalized spacial score (nSPS) is 53.4. The van der Waals surface area contributed by atoms with Crippen LogP contribution in [0, 0.1) is 11.8 Å². The summed E-state index contributed by atoms with van der Waals surface area (Å²) in [5.41, 5.74) is 0. The molecule has 2 fully saturated rings. The summed E-state index contributed by atoms with van der Waals surface area (Å²) >= 11 is 0. The van der Waals surface area contributed by atoms with Gasteiger partial charge in [0.2, 0.25) is 0 Å². The summed E-state index contributed by atoms with van der Waals surface area (Å²) in [4.78, 5) is 0. The van der Waals surface area contributed by atoms with E-state index in [-0.39, 0.29) is 0 Å². The Morgan fingerprint density at radius 1 is 1.00 bits per heavy atom. The van der Waals surface area contributed by atoms with Crippen LogP contribution >= 0.6 is 0 Å². The average Bonchev–Trinajstić information content (AvgIpc) is 2.17. The molecule has 3 N–H and O–H groups in total. The molecule has 2 bridgehead atoms. The van der Waals surface area contributed by atoms with Crippen LogP contribution in [0.5, 0.6) is 0 Å². The summed E-state index contributed by atoms with van der Waals surface area (Å²) in [6, 6.07) is 0. The Hall–Kier alpha value is -0.120. The van der Waals surface area contributed by atoms with Gasteiger partial charge >= 0.3 is 0 Å². The lowest BCUT2D eigenvalue weighted by Crippen LogP contribution is -2.32. The summed E-state index contributed by atoms with van der Waals surface area (Å²) in [6.07, 6.45) is 0.0509. The molecule has 0 aromatic heterocycles. The minimum Gasteiger partial charge on any atom is -0.390 e. The zero-order valence-corrected chi connectivity index (χ0v) is 5.83.